The summed E-state index contributed by atoms with van der Waals surface area (Å²) in [5, 5.41) is 5.09. The predicted molar refractivity (Wildman–Crippen MR) is 102 cm³/mol. The Bertz CT molecular complexity index is 909. The summed E-state index contributed by atoms with van der Waals surface area (Å²) in [4.78, 5) is 23.7. The number of aryl methyl sites for hydroxylation is 2. The van der Waals surface area contributed by atoms with Gasteiger partial charge in [0.2, 0.25) is 21.8 Å². The number of hydrogen-bond donors (Lipinski definition) is 3. The molecule has 2 aromatic carbocycles. The Morgan fingerprint density at radius 1 is 0.852 bits per heavy atom. The number of nitrogens with one attached hydrogen (secondary N) is 3. The van der Waals surface area contributed by atoms with Crippen molar-refractivity contribution < 1.29 is 18.0 Å². The topological polar surface area (TPSA) is 104 Å². The van der Waals surface area contributed by atoms with Crippen molar-refractivity contribution in [2.24, 2.45) is 0 Å². The monoisotopic (exact) mass is 389 g/mol. The predicted octanol–water partition coefficient (Wildman–Crippen LogP) is 1.01. The second kappa shape index (κ2) is 9.29. The van der Waals surface area contributed by atoms with Gasteiger partial charge < -0.3 is 10.6 Å². The number of sulfonamides is 1. The molecule has 0 unspecified atom stereocenters. The first-order valence-electron chi connectivity index (χ1n) is 8.42. The number of carbonyl (C=O) groups is 2. The van der Waals surface area contributed by atoms with E-state index in [2.05, 4.69) is 15.4 Å². The normalized spacial score (nSPS) is 11.0. The molecule has 2 aromatic rings. The lowest BCUT2D eigenvalue weighted by atomic mass is 10.1. The Morgan fingerprint density at radius 2 is 1.48 bits per heavy atom. The van der Waals surface area contributed by atoms with Crippen molar-refractivity contribution in [1.29, 1.82) is 0 Å². The molecule has 0 saturated carbocycles. The fourth-order valence-electron chi connectivity index (χ4n) is 2.27. The number of amides is 2. The minimum absolute atomic E-state index is 0.0804. The van der Waals surface area contributed by atoms with E-state index in [1.165, 1.54) is 12.1 Å². The maximum absolute atomic E-state index is 12.1. The summed E-state index contributed by atoms with van der Waals surface area (Å²) in [5.41, 5.74) is 2.98. The fraction of sp³-hybridized carbons (Fsp3) is 0.263. The minimum atomic E-state index is -3.77. The molecule has 0 radical (unpaired) electrons. The highest BCUT2D eigenvalue weighted by molar-refractivity contribution is 7.89. The van der Waals surface area contributed by atoms with Crippen molar-refractivity contribution in [3.63, 3.8) is 0 Å². The number of carbonyl (C=O) groups excluding carboxylic acids is 2. The van der Waals surface area contributed by atoms with Crippen LogP contribution < -0.4 is 15.4 Å². The molecule has 0 spiro atoms. The van der Waals surface area contributed by atoms with Crippen molar-refractivity contribution in [2.75, 3.05) is 13.1 Å². The van der Waals surface area contributed by atoms with Gasteiger partial charge in [-0.25, -0.2) is 13.1 Å². The molecular formula is C19H23N3O4S. The summed E-state index contributed by atoms with van der Waals surface area (Å²) in [6.45, 7) is 3.49. The quantitative estimate of drug-likeness (QED) is 0.627. The fourth-order valence-corrected chi connectivity index (χ4v) is 3.25. The van der Waals surface area contributed by atoms with Crippen molar-refractivity contribution in [1.82, 2.24) is 15.4 Å². The molecule has 27 heavy (non-hydrogen) atoms. The third-order valence-corrected chi connectivity index (χ3v) is 5.35. The lowest BCUT2D eigenvalue weighted by Gasteiger charge is -2.10. The zero-order chi connectivity index (χ0) is 19.9. The number of rotatable bonds is 8. The molecule has 0 saturated heterocycles. The van der Waals surface area contributed by atoms with Gasteiger partial charge in [0.15, 0.2) is 0 Å². The SMILES string of the molecule is Cc1ccc(S(=O)(=O)NCC(=O)NCC(=O)NCc2ccccc2C)cc1. The molecule has 144 valence electrons. The van der Waals surface area contributed by atoms with Gasteiger partial charge >= 0.3 is 0 Å². The molecule has 0 bridgehead atoms. The minimum Gasteiger partial charge on any atom is -0.350 e. The van der Waals surface area contributed by atoms with Crippen LogP contribution in [0.4, 0.5) is 0 Å². The third kappa shape index (κ3) is 6.50. The zero-order valence-corrected chi connectivity index (χ0v) is 16.1. The van der Waals surface area contributed by atoms with Crippen LogP contribution in [0.3, 0.4) is 0 Å². The Hall–Kier alpha value is -2.71. The summed E-state index contributed by atoms with van der Waals surface area (Å²) in [5.74, 6) is -0.940. The standard InChI is InChI=1S/C19H23N3O4S/c1-14-7-9-17(10-8-14)27(25,26)22-13-19(24)21-12-18(23)20-11-16-6-4-3-5-15(16)2/h3-10,22H,11-13H2,1-2H3,(H,20,23)(H,21,24). The Morgan fingerprint density at radius 3 is 2.15 bits per heavy atom. The molecule has 0 fully saturated rings. The summed E-state index contributed by atoms with van der Waals surface area (Å²) < 4.78 is 26.4. The van der Waals surface area contributed by atoms with E-state index in [1.54, 1.807) is 12.1 Å². The Balaban J connectivity index is 1.74. The lowest BCUT2D eigenvalue weighted by Crippen LogP contribution is -2.41. The summed E-state index contributed by atoms with van der Waals surface area (Å²) in [7, 11) is -3.77. The molecule has 0 heterocycles. The van der Waals surface area contributed by atoms with Crippen molar-refractivity contribution in [2.45, 2.75) is 25.3 Å². The molecule has 8 heteroatoms. The van der Waals surface area contributed by atoms with Gasteiger partial charge in [-0.1, -0.05) is 42.0 Å². The van der Waals surface area contributed by atoms with Gasteiger partial charge in [0.05, 0.1) is 18.0 Å². The zero-order valence-electron chi connectivity index (χ0n) is 15.3. The molecule has 0 aliphatic carbocycles. The molecule has 0 atom stereocenters. The van der Waals surface area contributed by atoms with Gasteiger partial charge in [0.25, 0.3) is 0 Å². The van der Waals surface area contributed by atoms with E-state index < -0.39 is 22.5 Å². The van der Waals surface area contributed by atoms with E-state index in [0.717, 1.165) is 16.7 Å². The van der Waals surface area contributed by atoms with E-state index in [1.807, 2.05) is 38.1 Å². The average molecular weight is 389 g/mol. The Kier molecular flexibility index (Phi) is 7.09. The molecular weight excluding hydrogens is 366 g/mol. The highest BCUT2D eigenvalue weighted by Gasteiger charge is 2.15. The molecule has 7 nitrogen and oxygen atoms in total. The number of hydrogen-bond acceptors (Lipinski definition) is 4. The van der Waals surface area contributed by atoms with Gasteiger partial charge in [-0.05, 0) is 37.1 Å². The third-order valence-electron chi connectivity index (χ3n) is 3.94. The molecule has 2 rings (SSSR count). The van der Waals surface area contributed by atoms with Crippen LogP contribution in [-0.2, 0) is 26.2 Å². The first-order chi connectivity index (χ1) is 12.8. The highest BCUT2D eigenvalue weighted by atomic mass is 32.2. The first kappa shape index (κ1) is 20.6. The van der Waals surface area contributed by atoms with E-state index >= 15 is 0 Å². The smallest absolute Gasteiger partial charge is 0.241 e. The second-order valence-electron chi connectivity index (χ2n) is 6.12. The van der Waals surface area contributed by atoms with Crippen LogP contribution in [0, 0.1) is 13.8 Å². The van der Waals surface area contributed by atoms with Crippen LogP contribution in [0.2, 0.25) is 0 Å². The van der Waals surface area contributed by atoms with Crippen LogP contribution in [0.1, 0.15) is 16.7 Å². The highest BCUT2D eigenvalue weighted by Crippen LogP contribution is 2.09. The second-order valence-corrected chi connectivity index (χ2v) is 7.88. The van der Waals surface area contributed by atoms with E-state index in [-0.39, 0.29) is 17.3 Å². The molecule has 0 aliphatic heterocycles. The van der Waals surface area contributed by atoms with Gasteiger partial charge in [-0.3, -0.25) is 9.59 Å². The maximum Gasteiger partial charge on any atom is 0.241 e. The summed E-state index contributed by atoms with van der Waals surface area (Å²) in [6.07, 6.45) is 0. The van der Waals surface area contributed by atoms with Gasteiger partial charge in [-0.15, -0.1) is 0 Å². The maximum atomic E-state index is 12.1. The molecule has 2 amide bonds. The molecule has 0 aromatic heterocycles. The lowest BCUT2D eigenvalue weighted by molar-refractivity contribution is -0.125. The van der Waals surface area contributed by atoms with E-state index in [0.29, 0.717) is 6.54 Å². The van der Waals surface area contributed by atoms with E-state index in [9.17, 15) is 18.0 Å². The summed E-state index contributed by atoms with van der Waals surface area (Å²) in [6, 6.07) is 13.9. The van der Waals surface area contributed by atoms with Crippen LogP contribution in [0.5, 0.6) is 0 Å². The van der Waals surface area contributed by atoms with E-state index in [4.69, 9.17) is 0 Å². The van der Waals surface area contributed by atoms with Crippen molar-refractivity contribution >= 4 is 21.8 Å². The van der Waals surface area contributed by atoms with Crippen LogP contribution in [-0.4, -0.2) is 33.3 Å². The van der Waals surface area contributed by atoms with Crippen LogP contribution >= 0.6 is 0 Å². The van der Waals surface area contributed by atoms with Gasteiger partial charge in [0, 0.05) is 6.54 Å². The van der Waals surface area contributed by atoms with Crippen molar-refractivity contribution in [3.05, 3.63) is 65.2 Å². The summed E-state index contributed by atoms with van der Waals surface area (Å²) >= 11 is 0. The molecule has 3 N–H and O–H groups in total. The Labute approximate surface area is 159 Å². The molecule has 0 aliphatic rings. The largest absolute Gasteiger partial charge is 0.350 e. The average Bonchev–Trinajstić information content (AvgIpc) is 2.64. The van der Waals surface area contributed by atoms with Gasteiger partial charge in [0.1, 0.15) is 0 Å². The van der Waals surface area contributed by atoms with Gasteiger partial charge in [-0.2, -0.15) is 0 Å². The first-order valence-corrected chi connectivity index (χ1v) is 9.90. The van der Waals surface area contributed by atoms with Crippen LogP contribution in [0.25, 0.3) is 0 Å². The number of benzene rings is 2. The van der Waals surface area contributed by atoms with Crippen LogP contribution in [0.15, 0.2) is 53.4 Å². The van der Waals surface area contributed by atoms with Crippen molar-refractivity contribution in [3.8, 4) is 0 Å².